The molecule has 4 aromatic rings. The van der Waals surface area contributed by atoms with E-state index in [0.717, 1.165) is 17.3 Å². The summed E-state index contributed by atoms with van der Waals surface area (Å²) in [7, 11) is 0. The van der Waals surface area contributed by atoms with Crippen molar-refractivity contribution in [2.24, 2.45) is 0 Å². The number of rotatable bonds is 6. The Morgan fingerprint density at radius 1 is 1.20 bits per heavy atom. The van der Waals surface area contributed by atoms with Gasteiger partial charge in [-0.2, -0.15) is 5.26 Å². The van der Waals surface area contributed by atoms with Gasteiger partial charge in [0, 0.05) is 6.42 Å². The largest absolute Gasteiger partial charge is 0.510 e. The van der Waals surface area contributed by atoms with Crippen molar-refractivity contribution in [1.82, 2.24) is 24.8 Å². The molecule has 0 radical (unpaired) electrons. The van der Waals surface area contributed by atoms with Crippen LogP contribution in [0.4, 0.5) is 4.39 Å². The molecule has 0 atom stereocenters. The molecule has 0 amide bonds. The highest BCUT2D eigenvalue weighted by atomic mass is 32.2. The normalized spacial score (nSPS) is 12.0. The molecule has 2 aromatic heterocycles. The predicted octanol–water partition coefficient (Wildman–Crippen LogP) is 3.18. The van der Waals surface area contributed by atoms with Gasteiger partial charge < -0.3 is 15.9 Å². The minimum absolute atomic E-state index is 0.0355. The van der Waals surface area contributed by atoms with Crippen molar-refractivity contribution in [2.75, 3.05) is 11.6 Å². The summed E-state index contributed by atoms with van der Waals surface area (Å²) in [5.74, 6) is 6.21. The van der Waals surface area contributed by atoms with Crippen LogP contribution >= 0.6 is 11.8 Å². The van der Waals surface area contributed by atoms with Crippen molar-refractivity contribution in [3.8, 4) is 6.07 Å². The smallest absolute Gasteiger partial charge is 0.210 e. The molecular weight excluding hydrogens is 405 g/mol. The summed E-state index contributed by atoms with van der Waals surface area (Å²) in [5, 5.41) is 28.3. The molecule has 0 saturated heterocycles. The molecule has 0 aliphatic carbocycles. The number of fused-ring (bicyclic) bond motifs is 1. The number of aromatic nitrogens is 5. The highest BCUT2D eigenvalue weighted by Gasteiger charge is 2.17. The molecule has 0 unspecified atom stereocenters. The molecule has 0 bridgehead atoms. The van der Waals surface area contributed by atoms with Gasteiger partial charge in [0.05, 0.1) is 16.8 Å². The Balaban J connectivity index is 1.51. The summed E-state index contributed by atoms with van der Waals surface area (Å²) in [6.45, 7) is 0. The van der Waals surface area contributed by atoms with E-state index in [1.54, 1.807) is 18.2 Å². The number of H-pyrrole nitrogens is 1. The number of nitrogen functional groups attached to an aromatic ring is 1. The maximum Gasteiger partial charge on any atom is 0.210 e. The summed E-state index contributed by atoms with van der Waals surface area (Å²) in [6.07, 6.45) is 0.182. The van der Waals surface area contributed by atoms with Crippen molar-refractivity contribution in [1.29, 1.82) is 5.26 Å². The van der Waals surface area contributed by atoms with Gasteiger partial charge >= 0.3 is 0 Å². The SMILES string of the molecule is N#CC(=C(O)CSc1nnc(Cc2ccccc2F)n1N)c1nc2ccccc2[nH]1. The van der Waals surface area contributed by atoms with E-state index in [1.807, 2.05) is 30.3 Å². The fourth-order valence-corrected chi connectivity index (χ4v) is 3.62. The monoisotopic (exact) mass is 421 g/mol. The molecule has 0 aliphatic heterocycles. The first-order valence-corrected chi connectivity index (χ1v) is 9.88. The van der Waals surface area contributed by atoms with Crippen LogP contribution in [-0.4, -0.2) is 35.7 Å². The van der Waals surface area contributed by atoms with Crippen molar-refractivity contribution in [2.45, 2.75) is 11.6 Å². The predicted molar refractivity (Wildman–Crippen MR) is 111 cm³/mol. The molecule has 4 N–H and O–H groups in total. The summed E-state index contributed by atoms with van der Waals surface area (Å²) in [5.41, 5.74) is 1.95. The Labute approximate surface area is 174 Å². The number of nitrogens with two attached hydrogens (primary N) is 1. The third-order valence-electron chi connectivity index (χ3n) is 4.41. The first-order chi connectivity index (χ1) is 14.6. The highest BCUT2D eigenvalue weighted by Crippen LogP contribution is 2.24. The van der Waals surface area contributed by atoms with Crippen LogP contribution in [0, 0.1) is 17.1 Å². The van der Waals surface area contributed by atoms with Gasteiger partial charge in [-0.25, -0.2) is 14.1 Å². The number of imidazole rings is 1. The number of para-hydroxylation sites is 2. The third-order valence-corrected chi connectivity index (χ3v) is 5.36. The summed E-state index contributed by atoms with van der Waals surface area (Å²) in [4.78, 5) is 7.36. The molecule has 0 aliphatic rings. The van der Waals surface area contributed by atoms with Crippen molar-refractivity contribution in [3.63, 3.8) is 0 Å². The third kappa shape index (κ3) is 3.83. The van der Waals surface area contributed by atoms with Crippen LogP contribution in [0.3, 0.4) is 0 Å². The standard InChI is InChI=1S/C20H16FN7OS/c21-14-6-2-1-5-12(14)9-18-26-27-20(28(18)23)30-11-17(29)13(10-22)19-24-15-7-3-4-8-16(15)25-19/h1-8,29H,9,11,23H2,(H,24,25). The van der Waals surface area contributed by atoms with E-state index < -0.39 is 0 Å². The second kappa shape index (κ2) is 8.26. The van der Waals surface area contributed by atoms with E-state index in [9.17, 15) is 14.8 Å². The summed E-state index contributed by atoms with van der Waals surface area (Å²) in [6, 6.07) is 15.7. The molecule has 10 heteroatoms. The molecule has 2 aromatic carbocycles. The van der Waals surface area contributed by atoms with Crippen molar-refractivity contribution >= 4 is 28.4 Å². The molecule has 2 heterocycles. The van der Waals surface area contributed by atoms with E-state index in [2.05, 4.69) is 20.2 Å². The summed E-state index contributed by atoms with van der Waals surface area (Å²) >= 11 is 1.11. The lowest BCUT2D eigenvalue weighted by Crippen LogP contribution is -2.15. The molecule has 0 saturated carbocycles. The Bertz CT molecular complexity index is 1250. The number of allylic oxidation sites excluding steroid dienone is 1. The zero-order valence-electron chi connectivity index (χ0n) is 15.6. The Morgan fingerprint density at radius 3 is 2.73 bits per heavy atom. The second-order valence-corrected chi connectivity index (χ2v) is 7.30. The number of aromatic amines is 1. The second-order valence-electron chi connectivity index (χ2n) is 6.36. The Hall–Kier alpha value is -3.84. The lowest BCUT2D eigenvalue weighted by molar-refractivity contribution is 0.420. The number of nitrogens with one attached hydrogen (secondary N) is 1. The number of thioether (sulfide) groups is 1. The molecule has 30 heavy (non-hydrogen) atoms. The first kappa shape index (κ1) is 19.5. The van der Waals surface area contributed by atoms with E-state index in [-0.39, 0.29) is 35.1 Å². The molecule has 150 valence electrons. The minimum atomic E-state index is -0.347. The van der Waals surface area contributed by atoms with E-state index >= 15 is 0 Å². The van der Waals surface area contributed by atoms with Gasteiger partial charge in [0.15, 0.2) is 11.6 Å². The maximum absolute atomic E-state index is 13.9. The molecule has 4 rings (SSSR count). The fourth-order valence-electron chi connectivity index (χ4n) is 2.87. The number of nitriles is 1. The van der Waals surface area contributed by atoms with Crippen LogP contribution in [0.1, 0.15) is 17.2 Å². The topological polar surface area (TPSA) is 129 Å². The van der Waals surface area contributed by atoms with E-state index in [1.165, 1.54) is 10.7 Å². The zero-order valence-corrected chi connectivity index (χ0v) is 16.4. The van der Waals surface area contributed by atoms with Crippen molar-refractivity contribution in [3.05, 3.63) is 77.3 Å². The van der Waals surface area contributed by atoms with Crippen LogP contribution < -0.4 is 5.84 Å². The number of benzene rings is 2. The average molecular weight is 421 g/mol. The van der Waals surface area contributed by atoms with Gasteiger partial charge in [-0.15, -0.1) is 10.2 Å². The zero-order chi connectivity index (χ0) is 21.1. The van der Waals surface area contributed by atoms with Crippen LogP contribution in [-0.2, 0) is 6.42 Å². The Morgan fingerprint density at radius 2 is 1.97 bits per heavy atom. The number of hydrogen-bond donors (Lipinski definition) is 3. The van der Waals surface area contributed by atoms with Gasteiger partial charge in [-0.05, 0) is 23.8 Å². The van der Waals surface area contributed by atoms with Gasteiger partial charge in [-0.3, -0.25) is 0 Å². The van der Waals surface area contributed by atoms with Crippen LogP contribution in [0.15, 0.2) is 59.4 Å². The van der Waals surface area contributed by atoms with E-state index in [4.69, 9.17) is 5.84 Å². The fraction of sp³-hybridized carbons (Fsp3) is 0.100. The number of hydrogen-bond acceptors (Lipinski definition) is 7. The van der Waals surface area contributed by atoms with Gasteiger partial charge in [0.1, 0.15) is 23.2 Å². The molecule has 8 nitrogen and oxygen atoms in total. The molecular formula is C20H16FN7OS. The van der Waals surface area contributed by atoms with Gasteiger partial charge in [-0.1, -0.05) is 42.1 Å². The van der Waals surface area contributed by atoms with Crippen LogP contribution in [0.25, 0.3) is 16.6 Å². The van der Waals surface area contributed by atoms with Gasteiger partial charge in [0.2, 0.25) is 5.16 Å². The summed E-state index contributed by atoms with van der Waals surface area (Å²) < 4.78 is 15.1. The lowest BCUT2D eigenvalue weighted by atomic mass is 10.1. The van der Waals surface area contributed by atoms with Gasteiger partial charge in [0.25, 0.3) is 0 Å². The number of nitrogens with zero attached hydrogens (tertiary/aromatic N) is 5. The lowest BCUT2D eigenvalue weighted by Gasteiger charge is -2.05. The number of halogens is 1. The van der Waals surface area contributed by atoms with Crippen LogP contribution in [0.2, 0.25) is 0 Å². The average Bonchev–Trinajstić information content (AvgIpc) is 3.32. The maximum atomic E-state index is 13.9. The van der Waals surface area contributed by atoms with Crippen molar-refractivity contribution < 1.29 is 9.50 Å². The number of aliphatic hydroxyl groups excluding tert-OH is 1. The van der Waals surface area contributed by atoms with E-state index in [0.29, 0.717) is 22.1 Å². The number of aliphatic hydroxyl groups is 1. The molecule has 0 spiro atoms. The first-order valence-electron chi connectivity index (χ1n) is 8.89. The molecule has 0 fully saturated rings. The van der Waals surface area contributed by atoms with Crippen LogP contribution in [0.5, 0.6) is 0 Å². The highest BCUT2D eigenvalue weighted by molar-refractivity contribution is 7.99. The quantitative estimate of drug-likeness (QED) is 0.189. The Kier molecular flexibility index (Phi) is 5.36. The minimum Gasteiger partial charge on any atom is -0.510 e.